The zero-order valence-corrected chi connectivity index (χ0v) is 10.8. The summed E-state index contributed by atoms with van der Waals surface area (Å²) < 4.78 is 50.0. The Morgan fingerprint density at radius 2 is 1.95 bits per heavy atom. The van der Waals surface area contributed by atoms with Gasteiger partial charge >= 0.3 is 12.1 Å². The molecule has 9 heteroatoms. The molecule has 0 unspecified atom stereocenters. The number of anilines is 1. The predicted molar refractivity (Wildman–Crippen MR) is 67.1 cm³/mol. The first kappa shape index (κ1) is 15.2. The molecule has 1 N–H and O–H groups in total. The number of hydrogen-bond acceptors (Lipinski definition) is 3. The monoisotopic (exact) mass is 319 g/mol. The number of benzene rings is 1. The molecule has 0 aliphatic heterocycles. The van der Waals surface area contributed by atoms with Crippen molar-refractivity contribution in [2.75, 3.05) is 5.32 Å². The van der Waals surface area contributed by atoms with E-state index in [1.165, 1.54) is 23.6 Å². The summed E-state index contributed by atoms with van der Waals surface area (Å²) in [5, 5.41) is 1.39. The molecule has 1 amide bonds. The second kappa shape index (κ2) is 5.65. The first-order chi connectivity index (χ1) is 9.77. The molecular formula is C12H6ClF4N3O. The van der Waals surface area contributed by atoms with Crippen LogP contribution in [0.3, 0.4) is 0 Å². The minimum Gasteiger partial charge on any atom is -0.316 e. The van der Waals surface area contributed by atoms with E-state index < -0.39 is 23.6 Å². The Kier molecular flexibility index (Phi) is 4.08. The van der Waals surface area contributed by atoms with Crippen molar-refractivity contribution in [1.29, 1.82) is 0 Å². The van der Waals surface area contributed by atoms with Gasteiger partial charge in [-0.05, 0) is 35.9 Å². The fourth-order valence-corrected chi connectivity index (χ4v) is 1.62. The Hall–Kier alpha value is -2.22. The van der Waals surface area contributed by atoms with E-state index in [2.05, 4.69) is 9.97 Å². The molecule has 4 nitrogen and oxygen atoms in total. The Labute approximate surface area is 120 Å². The summed E-state index contributed by atoms with van der Waals surface area (Å²) in [6.07, 6.45) is -3.78. The number of aromatic nitrogens is 2. The summed E-state index contributed by atoms with van der Waals surface area (Å²) in [5.74, 6) is -3.27. The lowest BCUT2D eigenvalue weighted by atomic mass is 10.1. The summed E-state index contributed by atoms with van der Waals surface area (Å²) in [7, 11) is 0. The van der Waals surface area contributed by atoms with E-state index in [4.69, 9.17) is 11.6 Å². The Balaban J connectivity index is 2.36. The second-order valence-electron chi connectivity index (χ2n) is 3.86. The van der Waals surface area contributed by atoms with E-state index in [0.29, 0.717) is 0 Å². The van der Waals surface area contributed by atoms with Gasteiger partial charge in [0.1, 0.15) is 5.82 Å². The summed E-state index contributed by atoms with van der Waals surface area (Å²) in [4.78, 5) is 18.3. The number of hydrogen-bond donors (Lipinski definition) is 1. The van der Waals surface area contributed by atoms with Gasteiger partial charge in [-0.25, -0.2) is 14.4 Å². The van der Waals surface area contributed by atoms with Crippen LogP contribution in [-0.4, -0.2) is 22.1 Å². The number of nitrogens with zero attached hydrogens (tertiary/aromatic N) is 2. The standard InChI is InChI=1S/C12H6ClF4N3O/c13-11-18-4-3-8(20-11)6-1-2-7(14)9(5-6)19-10(21)12(15,16)17/h1-5H,(H,19,21). The average molecular weight is 320 g/mol. The van der Waals surface area contributed by atoms with E-state index in [1.807, 2.05) is 0 Å². The molecule has 21 heavy (non-hydrogen) atoms. The van der Waals surface area contributed by atoms with Gasteiger partial charge < -0.3 is 5.32 Å². The van der Waals surface area contributed by atoms with Crippen molar-refractivity contribution in [2.45, 2.75) is 6.18 Å². The molecule has 0 saturated heterocycles. The average Bonchev–Trinajstić information content (AvgIpc) is 2.40. The van der Waals surface area contributed by atoms with Gasteiger partial charge in [-0.15, -0.1) is 0 Å². The SMILES string of the molecule is O=C(Nc1cc(-c2ccnc(Cl)n2)ccc1F)C(F)(F)F. The number of nitrogens with one attached hydrogen (secondary N) is 1. The van der Waals surface area contributed by atoms with Crippen LogP contribution in [-0.2, 0) is 4.79 Å². The molecule has 0 fully saturated rings. The van der Waals surface area contributed by atoms with Crippen LogP contribution in [0.15, 0.2) is 30.5 Å². The van der Waals surface area contributed by atoms with Crippen molar-refractivity contribution >= 4 is 23.2 Å². The topological polar surface area (TPSA) is 54.9 Å². The van der Waals surface area contributed by atoms with E-state index in [9.17, 15) is 22.4 Å². The Morgan fingerprint density at radius 1 is 1.24 bits per heavy atom. The number of alkyl halides is 3. The number of carbonyl (C=O) groups is 1. The van der Waals surface area contributed by atoms with Crippen molar-refractivity contribution < 1.29 is 22.4 Å². The number of amides is 1. The fourth-order valence-electron chi connectivity index (χ4n) is 1.47. The van der Waals surface area contributed by atoms with Crippen LogP contribution in [0.5, 0.6) is 0 Å². The highest BCUT2D eigenvalue weighted by atomic mass is 35.5. The molecule has 1 aromatic carbocycles. The molecule has 0 saturated carbocycles. The number of rotatable bonds is 2. The van der Waals surface area contributed by atoms with Gasteiger partial charge in [-0.3, -0.25) is 4.79 Å². The van der Waals surface area contributed by atoms with Crippen LogP contribution < -0.4 is 5.32 Å². The largest absolute Gasteiger partial charge is 0.471 e. The molecule has 0 atom stereocenters. The predicted octanol–water partition coefficient (Wildman–Crippen LogP) is 3.44. The van der Waals surface area contributed by atoms with Gasteiger partial charge in [-0.2, -0.15) is 13.2 Å². The van der Waals surface area contributed by atoms with Crippen molar-refractivity contribution in [3.8, 4) is 11.3 Å². The van der Waals surface area contributed by atoms with E-state index >= 15 is 0 Å². The van der Waals surface area contributed by atoms with Gasteiger partial charge in [-0.1, -0.05) is 0 Å². The summed E-state index contributed by atoms with van der Waals surface area (Å²) >= 11 is 5.60. The molecular weight excluding hydrogens is 314 g/mol. The van der Waals surface area contributed by atoms with Gasteiger partial charge in [0.2, 0.25) is 5.28 Å². The van der Waals surface area contributed by atoms with E-state index in [1.54, 1.807) is 0 Å². The zero-order valence-electron chi connectivity index (χ0n) is 10.1. The Bertz CT molecular complexity index is 690. The highest BCUT2D eigenvalue weighted by Crippen LogP contribution is 2.26. The molecule has 2 rings (SSSR count). The summed E-state index contributed by atoms with van der Waals surface area (Å²) in [5.41, 5.74) is -0.0553. The zero-order chi connectivity index (χ0) is 15.6. The van der Waals surface area contributed by atoms with Gasteiger partial charge in [0.05, 0.1) is 11.4 Å². The molecule has 0 spiro atoms. The Morgan fingerprint density at radius 3 is 2.57 bits per heavy atom. The molecule has 0 aliphatic carbocycles. The first-order valence-electron chi connectivity index (χ1n) is 5.44. The molecule has 0 radical (unpaired) electrons. The minimum atomic E-state index is -5.11. The molecule has 1 heterocycles. The maximum absolute atomic E-state index is 13.5. The second-order valence-corrected chi connectivity index (χ2v) is 4.20. The van der Waals surface area contributed by atoms with Crippen molar-refractivity contribution in [1.82, 2.24) is 9.97 Å². The first-order valence-corrected chi connectivity index (χ1v) is 5.82. The highest BCUT2D eigenvalue weighted by Gasteiger charge is 2.39. The lowest BCUT2D eigenvalue weighted by Crippen LogP contribution is -2.30. The smallest absolute Gasteiger partial charge is 0.316 e. The van der Waals surface area contributed by atoms with Crippen LogP contribution in [0.1, 0.15) is 0 Å². The van der Waals surface area contributed by atoms with Gasteiger partial charge in [0, 0.05) is 11.8 Å². The van der Waals surface area contributed by atoms with Crippen molar-refractivity contribution in [3.05, 3.63) is 41.6 Å². The quantitative estimate of drug-likeness (QED) is 0.681. The molecule has 0 bridgehead atoms. The van der Waals surface area contributed by atoms with E-state index in [0.717, 1.165) is 12.1 Å². The summed E-state index contributed by atoms with van der Waals surface area (Å²) in [6, 6.07) is 4.67. The molecule has 110 valence electrons. The van der Waals surface area contributed by atoms with Crippen LogP contribution in [0.2, 0.25) is 5.28 Å². The maximum Gasteiger partial charge on any atom is 0.471 e. The minimum absolute atomic E-state index is 0.0716. The van der Waals surface area contributed by atoms with Crippen LogP contribution in [0.25, 0.3) is 11.3 Å². The molecule has 2 aromatic rings. The van der Waals surface area contributed by atoms with Crippen LogP contribution in [0.4, 0.5) is 23.2 Å². The third kappa shape index (κ3) is 3.66. The molecule has 1 aromatic heterocycles. The fraction of sp³-hybridized carbons (Fsp3) is 0.0833. The van der Waals surface area contributed by atoms with Crippen LogP contribution in [0, 0.1) is 5.82 Å². The normalized spacial score (nSPS) is 11.3. The number of carbonyl (C=O) groups excluding carboxylic acids is 1. The number of halogens is 5. The van der Waals surface area contributed by atoms with Gasteiger partial charge in [0.25, 0.3) is 0 Å². The third-order valence-corrected chi connectivity index (χ3v) is 2.58. The lowest BCUT2D eigenvalue weighted by molar-refractivity contribution is -0.167. The van der Waals surface area contributed by atoms with Crippen molar-refractivity contribution in [2.24, 2.45) is 0 Å². The van der Waals surface area contributed by atoms with E-state index in [-0.39, 0.29) is 16.5 Å². The summed E-state index contributed by atoms with van der Waals surface area (Å²) in [6.45, 7) is 0. The molecule has 0 aliphatic rings. The maximum atomic E-state index is 13.5. The third-order valence-electron chi connectivity index (χ3n) is 2.39. The highest BCUT2D eigenvalue weighted by molar-refractivity contribution is 6.28. The lowest BCUT2D eigenvalue weighted by Gasteiger charge is -2.10. The van der Waals surface area contributed by atoms with Crippen molar-refractivity contribution in [3.63, 3.8) is 0 Å². The van der Waals surface area contributed by atoms with Crippen LogP contribution >= 0.6 is 11.6 Å². The van der Waals surface area contributed by atoms with Gasteiger partial charge in [0.15, 0.2) is 0 Å².